The average molecular weight is 610 g/mol. The summed E-state index contributed by atoms with van der Waals surface area (Å²) >= 11 is 0. The molecule has 0 unspecified atom stereocenters. The standard InChI is InChI=1S/C40H37N2O4/c1-41-16-17-42-35-25-37(44-3)36(43-2)24-32(35)22-34(40(41)42)31-21-33(39(46-5)38(23-31)45-4)30-19-28(26-12-8-6-9-13-26)18-29(20-30)27-14-10-7-11-15-27/h6-15,18-25H,16-17H2,1-5H3/q+1. The van der Waals surface area contributed by atoms with Gasteiger partial charge in [-0.1, -0.05) is 60.7 Å². The number of fused-ring (bicyclic) bond motifs is 3. The first kappa shape index (κ1) is 29.2. The quantitative estimate of drug-likeness (QED) is 0.163. The second-order valence-corrected chi connectivity index (χ2v) is 11.5. The second kappa shape index (κ2) is 12.1. The van der Waals surface area contributed by atoms with Gasteiger partial charge in [0.25, 0.3) is 5.82 Å². The smallest absolute Gasteiger partial charge is 0.285 e. The molecule has 2 heterocycles. The highest BCUT2D eigenvalue weighted by Gasteiger charge is 2.32. The molecular weight excluding hydrogens is 572 g/mol. The SMILES string of the molecule is COc1cc2cc(-c3cc(OC)c(OC)c(-c4cc(-c5ccccc5)cc(-c5ccccc5)c4)c3)c3[n+](c2cc1OC)CCN3C. The molecule has 0 N–H and O–H groups in total. The van der Waals surface area contributed by atoms with Crippen molar-refractivity contribution >= 4 is 16.7 Å². The van der Waals surface area contributed by atoms with Gasteiger partial charge in [0.2, 0.25) is 0 Å². The molecule has 0 aliphatic carbocycles. The minimum absolute atomic E-state index is 0.674. The average Bonchev–Trinajstić information content (AvgIpc) is 3.51. The van der Waals surface area contributed by atoms with Crippen LogP contribution in [0.5, 0.6) is 23.0 Å². The van der Waals surface area contributed by atoms with Gasteiger partial charge in [0.05, 0.1) is 41.1 Å². The van der Waals surface area contributed by atoms with Crippen molar-refractivity contribution in [1.29, 1.82) is 0 Å². The highest BCUT2D eigenvalue weighted by molar-refractivity contribution is 5.92. The van der Waals surface area contributed by atoms with E-state index in [-0.39, 0.29) is 0 Å². The molecule has 0 saturated heterocycles. The van der Waals surface area contributed by atoms with Crippen LogP contribution in [0.15, 0.2) is 109 Å². The van der Waals surface area contributed by atoms with E-state index in [1.54, 1.807) is 28.4 Å². The van der Waals surface area contributed by atoms with Gasteiger partial charge in [-0.15, -0.1) is 0 Å². The molecule has 0 fully saturated rings. The molecule has 0 radical (unpaired) electrons. The Morgan fingerprint density at radius 1 is 0.522 bits per heavy atom. The van der Waals surface area contributed by atoms with Gasteiger partial charge in [-0.05, 0) is 75.8 Å². The van der Waals surface area contributed by atoms with E-state index in [1.165, 1.54) is 0 Å². The molecule has 6 nitrogen and oxygen atoms in total. The van der Waals surface area contributed by atoms with Crippen LogP contribution in [0.2, 0.25) is 0 Å². The Morgan fingerprint density at radius 2 is 1.09 bits per heavy atom. The summed E-state index contributed by atoms with van der Waals surface area (Å²) in [7, 11) is 8.90. The van der Waals surface area contributed by atoms with Crippen LogP contribution in [0.4, 0.5) is 5.82 Å². The van der Waals surface area contributed by atoms with E-state index in [0.29, 0.717) is 23.0 Å². The Hall–Kier alpha value is -5.49. The van der Waals surface area contributed by atoms with Crippen LogP contribution in [-0.2, 0) is 6.54 Å². The normalized spacial score (nSPS) is 12.2. The second-order valence-electron chi connectivity index (χ2n) is 11.5. The molecule has 0 atom stereocenters. The highest BCUT2D eigenvalue weighted by Crippen LogP contribution is 2.46. The largest absolute Gasteiger partial charge is 0.493 e. The molecule has 46 heavy (non-hydrogen) atoms. The van der Waals surface area contributed by atoms with Crippen molar-refractivity contribution < 1.29 is 23.5 Å². The molecule has 6 aromatic rings. The summed E-state index contributed by atoms with van der Waals surface area (Å²) in [6.07, 6.45) is 0. The van der Waals surface area contributed by atoms with Crippen LogP contribution in [-0.4, -0.2) is 42.0 Å². The maximum Gasteiger partial charge on any atom is 0.285 e. The van der Waals surface area contributed by atoms with Crippen molar-refractivity contribution in [2.75, 3.05) is 46.9 Å². The molecule has 1 aliphatic rings. The molecule has 5 aromatic carbocycles. The van der Waals surface area contributed by atoms with E-state index >= 15 is 0 Å². The predicted octanol–water partition coefficient (Wildman–Crippen LogP) is 8.28. The number of methoxy groups -OCH3 is 4. The fraction of sp³-hybridized carbons (Fsp3) is 0.175. The van der Waals surface area contributed by atoms with Gasteiger partial charge in [-0.3, -0.25) is 4.90 Å². The molecule has 230 valence electrons. The first-order chi connectivity index (χ1) is 22.5. The Labute approximate surface area is 270 Å². The summed E-state index contributed by atoms with van der Waals surface area (Å²) in [6.45, 7) is 1.77. The first-order valence-corrected chi connectivity index (χ1v) is 15.4. The van der Waals surface area contributed by atoms with Gasteiger partial charge in [-0.2, -0.15) is 0 Å². The number of nitrogens with zero attached hydrogens (tertiary/aromatic N) is 2. The molecule has 0 bridgehead atoms. The number of likely N-dealkylation sites (N-methyl/N-ethyl adjacent to an activating group) is 1. The Bertz CT molecular complexity index is 2000. The Balaban J connectivity index is 1.50. The lowest BCUT2D eigenvalue weighted by atomic mass is 9.91. The van der Waals surface area contributed by atoms with Gasteiger partial charge < -0.3 is 18.9 Å². The van der Waals surface area contributed by atoms with Crippen LogP contribution in [0.25, 0.3) is 55.4 Å². The number of hydrogen-bond donors (Lipinski definition) is 0. The van der Waals surface area contributed by atoms with E-state index in [2.05, 4.69) is 114 Å². The van der Waals surface area contributed by atoms with E-state index in [9.17, 15) is 0 Å². The summed E-state index contributed by atoms with van der Waals surface area (Å²) in [4.78, 5) is 2.31. The number of aromatic nitrogens is 1. The summed E-state index contributed by atoms with van der Waals surface area (Å²) in [6, 6.07) is 38.4. The maximum absolute atomic E-state index is 6.07. The van der Waals surface area contributed by atoms with Gasteiger partial charge >= 0.3 is 0 Å². The lowest BCUT2D eigenvalue weighted by molar-refractivity contribution is -0.644. The van der Waals surface area contributed by atoms with Crippen LogP contribution in [0.3, 0.4) is 0 Å². The number of hydrogen-bond acceptors (Lipinski definition) is 5. The summed E-state index contributed by atoms with van der Waals surface area (Å²) in [5, 5.41) is 1.07. The van der Waals surface area contributed by atoms with E-state index < -0.39 is 0 Å². The van der Waals surface area contributed by atoms with Gasteiger partial charge in [0.1, 0.15) is 18.6 Å². The minimum atomic E-state index is 0.674. The molecule has 1 aliphatic heterocycles. The van der Waals surface area contributed by atoms with Crippen LogP contribution in [0.1, 0.15) is 0 Å². The summed E-state index contributed by atoms with van der Waals surface area (Å²) in [5.74, 6) is 3.93. The zero-order valence-electron chi connectivity index (χ0n) is 26.8. The van der Waals surface area contributed by atoms with Crippen molar-refractivity contribution in [3.05, 3.63) is 109 Å². The van der Waals surface area contributed by atoms with Crippen LogP contribution < -0.4 is 28.4 Å². The van der Waals surface area contributed by atoms with Gasteiger partial charge in [0, 0.05) is 17.0 Å². The molecule has 0 spiro atoms. The Morgan fingerprint density at radius 3 is 1.67 bits per heavy atom. The number of ether oxygens (including phenoxy) is 4. The first-order valence-electron chi connectivity index (χ1n) is 15.4. The molecule has 0 amide bonds. The van der Waals surface area contributed by atoms with Gasteiger partial charge in [-0.25, -0.2) is 4.57 Å². The van der Waals surface area contributed by atoms with E-state index in [0.717, 1.165) is 74.3 Å². The summed E-state index contributed by atoms with van der Waals surface area (Å²) in [5.41, 5.74) is 9.80. The number of benzene rings is 5. The van der Waals surface area contributed by atoms with Crippen molar-refractivity contribution in [2.24, 2.45) is 0 Å². The topological polar surface area (TPSA) is 44.0 Å². The third kappa shape index (κ3) is 5.06. The van der Waals surface area contributed by atoms with Crippen molar-refractivity contribution in [1.82, 2.24) is 0 Å². The molecule has 6 heteroatoms. The highest BCUT2D eigenvalue weighted by atomic mass is 16.5. The minimum Gasteiger partial charge on any atom is -0.493 e. The lowest BCUT2D eigenvalue weighted by Gasteiger charge is -2.19. The fourth-order valence-corrected chi connectivity index (χ4v) is 6.63. The third-order valence-electron chi connectivity index (χ3n) is 8.89. The molecular formula is C40H37N2O4+. The number of rotatable bonds is 8. The van der Waals surface area contributed by atoms with Crippen LogP contribution in [0, 0.1) is 0 Å². The zero-order chi connectivity index (χ0) is 31.8. The van der Waals surface area contributed by atoms with E-state index in [4.69, 9.17) is 18.9 Å². The number of pyridine rings is 1. The maximum atomic E-state index is 6.07. The molecule has 1 aromatic heterocycles. The molecule has 7 rings (SSSR count). The van der Waals surface area contributed by atoms with Crippen molar-refractivity contribution in [3.8, 4) is 67.5 Å². The monoisotopic (exact) mass is 609 g/mol. The zero-order valence-corrected chi connectivity index (χ0v) is 26.8. The van der Waals surface area contributed by atoms with Crippen LogP contribution >= 0.6 is 0 Å². The van der Waals surface area contributed by atoms with Crippen molar-refractivity contribution in [3.63, 3.8) is 0 Å². The Kier molecular flexibility index (Phi) is 7.71. The summed E-state index contributed by atoms with van der Waals surface area (Å²) < 4.78 is 25.8. The predicted molar refractivity (Wildman–Crippen MR) is 185 cm³/mol. The molecule has 0 saturated carbocycles. The number of anilines is 1. The van der Waals surface area contributed by atoms with Crippen molar-refractivity contribution in [2.45, 2.75) is 6.54 Å². The van der Waals surface area contributed by atoms with E-state index in [1.807, 2.05) is 12.1 Å². The third-order valence-corrected chi connectivity index (χ3v) is 8.89. The fourth-order valence-electron chi connectivity index (χ4n) is 6.63. The lowest BCUT2D eigenvalue weighted by Crippen LogP contribution is -2.32. The van der Waals surface area contributed by atoms with Gasteiger partial charge in [0.15, 0.2) is 23.0 Å².